The molecule has 88 valence electrons. The SMILES string of the molecule is Fc1cc(NCc2ccc(F)c(Cl)c2)ccn1. The first-order valence-corrected chi connectivity index (χ1v) is 5.32. The second-order valence-electron chi connectivity index (χ2n) is 3.47. The molecule has 0 unspecified atom stereocenters. The first-order valence-electron chi connectivity index (χ1n) is 4.94. The van der Waals surface area contributed by atoms with Crippen LogP contribution in [-0.4, -0.2) is 4.98 Å². The van der Waals surface area contributed by atoms with Crippen LogP contribution in [0.2, 0.25) is 5.02 Å². The fourth-order valence-electron chi connectivity index (χ4n) is 1.37. The summed E-state index contributed by atoms with van der Waals surface area (Å²) in [5.74, 6) is -1.00. The van der Waals surface area contributed by atoms with Gasteiger partial charge in [0.2, 0.25) is 5.95 Å². The molecule has 5 heteroatoms. The molecule has 0 aliphatic rings. The fourth-order valence-corrected chi connectivity index (χ4v) is 1.57. The van der Waals surface area contributed by atoms with Gasteiger partial charge in [0.15, 0.2) is 0 Å². The first kappa shape index (κ1) is 11.8. The van der Waals surface area contributed by atoms with Gasteiger partial charge in [-0.1, -0.05) is 17.7 Å². The van der Waals surface area contributed by atoms with E-state index in [4.69, 9.17) is 11.6 Å². The largest absolute Gasteiger partial charge is 0.381 e. The van der Waals surface area contributed by atoms with Crippen molar-refractivity contribution in [1.82, 2.24) is 4.98 Å². The summed E-state index contributed by atoms with van der Waals surface area (Å²) in [7, 11) is 0. The van der Waals surface area contributed by atoms with E-state index in [9.17, 15) is 8.78 Å². The van der Waals surface area contributed by atoms with Gasteiger partial charge in [-0.05, 0) is 23.8 Å². The predicted molar refractivity (Wildman–Crippen MR) is 62.9 cm³/mol. The maximum Gasteiger partial charge on any atom is 0.214 e. The third-order valence-corrected chi connectivity index (χ3v) is 2.50. The van der Waals surface area contributed by atoms with Crippen molar-refractivity contribution in [1.29, 1.82) is 0 Å². The van der Waals surface area contributed by atoms with E-state index in [2.05, 4.69) is 10.3 Å². The zero-order valence-electron chi connectivity index (χ0n) is 8.75. The number of pyridine rings is 1. The molecule has 1 heterocycles. The Balaban J connectivity index is 2.05. The molecular weight excluding hydrogens is 246 g/mol. The highest BCUT2D eigenvalue weighted by Crippen LogP contribution is 2.17. The topological polar surface area (TPSA) is 24.9 Å². The Morgan fingerprint density at radius 3 is 2.71 bits per heavy atom. The van der Waals surface area contributed by atoms with Crippen LogP contribution in [-0.2, 0) is 6.54 Å². The molecular formula is C12H9ClF2N2. The highest BCUT2D eigenvalue weighted by molar-refractivity contribution is 6.30. The fraction of sp³-hybridized carbons (Fsp3) is 0.0833. The number of benzene rings is 1. The molecule has 1 N–H and O–H groups in total. The summed E-state index contributed by atoms with van der Waals surface area (Å²) in [5.41, 5.74) is 1.42. The van der Waals surface area contributed by atoms with Crippen molar-refractivity contribution >= 4 is 17.3 Å². The van der Waals surface area contributed by atoms with Crippen LogP contribution in [0.1, 0.15) is 5.56 Å². The van der Waals surface area contributed by atoms with Crippen LogP contribution in [0.5, 0.6) is 0 Å². The maximum atomic E-state index is 12.9. The van der Waals surface area contributed by atoms with E-state index >= 15 is 0 Å². The molecule has 0 bridgehead atoms. The Morgan fingerprint density at radius 2 is 2.00 bits per heavy atom. The molecule has 0 amide bonds. The van der Waals surface area contributed by atoms with Crippen LogP contribution >= 0.6 is 11.6 Å². The number of nitrogens with one attached hydrogen (secondary N) is 1. The average Bonchev–Trinajstić information content (AvgIpc) is 2.31. The van der Waals surface area contributed by atoms with E-state index in [0.717, 1.165) is 5.56 Å². The van der Waals surface area contributed by atoms with Crippen LogP contribution in [0.15, 0.2) is 36.5 Å². The van der Waals surface area contributed by atoms with Gasteiger partial charge in [0, 0.05) is 24.5 Å². The van der Waals surface area contributed by atoms with Crippen molar-refractivity contribution in [2.75, 3.05) is 5.32 Å². The maximum absolute atomic E-state index is 12.9. The van der Waals surface area contributed by atoms with Gasteiger partial charge in [-0.2, -0.15) is 4.39 Å². The van der Waals surface area contributed by atoms with E-state index in [0.29, 0.717) is 12.2 Å². The molecule has 0 saturated carbocycles. The number of halogens is 3. The number of hydrogen-bond acceptors (Lipinski definition) is 2. The summed E-state index contributed by atoms with van der Waals surface area (Å²) in [4.78, 5) is 3.44. The van der Waals surface area contributed by atoms with Crippen molar-refractivity contribution in [3.63, 3.8) is 0 Å². The predicted octanol–water partition coefficient (Wildman–Crippen LogP) is 3.63. The summed E-state index contributed by atoms with van der Waals surface area (Å²) in [6.07, 6.45) is 1.37. The van der Waals surface area contributed by atoms with Crippen LogP contribution in [0.4, 0.5) is 14.5 Å². The first-order chi connectivity index (χ1) is 8.15. The Labute approximate surface area is 102 Å². The lowest BCUT2D eigenvalue weighted by Crippen LogP contribution is -2.00. The van der Waals surface area contributed by atoms with Gasteiger partial charge in [0.05, 0.1) is 5.02 Å². The van der Waals surface area contributed by atoms with Crippen molar-refractivity contribution in [3.05, 3.63) is 58.9 Å². The monoisotopic (exact) mass is 254 g/mol. The summed E-state index contributed by atoms with van der Waals surface area (Å²) < 4.78 is 25.7. The molecule has 17 heavy (non-hydrogen) atoms. The number of anilines is 1. The lowest BCUT2D eigenvalue weighted by atomic mass is 10.2. The summed E-state index contributed by atoms with van der Waals surface area (Å²) >= 11 is 5.65. The van der Waals surface area contributed by atoms with Gasteiger partial charge in [-0.15, -0.1) is 0 Å². The van der Waals surface area contributed by atoms with Crippen LogP contribution < -0.4 is 5.32 Å². The molecule has 2 aromatic rings. The van der Waals surface area contributed by atoms with E-state index in [1.807, 2.05) is 0 Å². The van der Waals surface area contributed by atoms with Gasteiger partial charge in [0.25, 0.3) is 0 Å². The second-order valence-corrected chi connectivity index (χ2v) is 3.88. The summed E-state index contributed by atoms with van der Waals surface area (Å²) in [6, 6.07) is 7.37. The molecule has 0 fully saturated rings. The quantitative estimate of drug-likeness (QED) is 0.846. The number of rotatable bonds is 3. The minimum atomic E-state index is -0.549. The highest BCUT2D eigenvalue weighted by atomic mass is 35.5. The van der Waals surface area contributed by atoms with Crippen molar-refractivity contribution in [2.45, 2.75) is 6.54 Å². The van der Waals surface area contributed by atoms with Gasteiger partial charge in [-0.3, -0.25) is 0 Å². The Hall–Kier alpha value is -1.68. The molecule has 0 atom stereocenters. The van der Waals surface area contributed by atoms with Crippen molar-refractivity contribution < 1.29 is 8.78 Å². The minimum Gasteiger partial charge on any atom is -0.381 e. The van der Waals surface area contributed by atoms with Gasteiger partial charge >= 0.3 is 0 Å². The van der Waals surface area contributed by atoms with Crippen molar-refractivity contribution in [3.8, 4) is 0 Å². The zero-order valence-corrected chi connectivity index (χ0v) is 9.51. The molecule has 0 aliphatic carbocycles. The van der Waals surface area contributed by atoms with Gasteiger partial charge < -0.3 is 5.32 Å². The lowest BCUT2D eigenvalue weighted by molar-refractivity contribution is 0.584. The van der Waals surface area contributed by atoms with Gasteiger partial charge in [-0.25, -0.2) is 9.37 Å². The Kier molecular flexibility index (Phi) is 3.54. The smallest absolute Gasteiger partial charge is 0.214 e. The molecule has 0 spiro atoms. The molecule has 0 saturated heterocycles. The summed E-state index contributed by atoms with van der Waals surface area (Å²) in [5, 5.41) is 3.06. The number of aromatic nitrogens is 1. The number of hydrogen-bond donors (Lipinski definition) is 1. The highest BCUT2D eigenvalue weighted by Gasteiger charge is 2.01. The summed E-state index contributed by atoms with van der Waals surface area (Å²) in [6.45, 7) is 0.434. The number of nitrogens with zero attached hydrogens (tertiary/aromatic N) is 1. The zero-order chi connectivity index (χ0) is 12.3. The molecule has 0 aliphatic heterocycles. The normalized spacial score (nSPS) is 10.3. The van der Waals surface area contributed by atoms with E-state index in [-0.39, 0.29) is 5.02 Å². The Morgan fingerprint density at radius 1 is 1.18 bits per heavy atom. The van der Waals surface area contributed by atoms with E-state index in [1.165, 1.54) is 24.4 Å². The average molecular weight is 255 g/mol. The third kappa shape index (κ3) is 3.14. The third-order valence-electron chi connectivity index (χ3n) is 2.21. The van der Waals surface area contributed by atoms with Crippen LogP contribution in [0.3, 0.4) is 0 Å². The molecule has 1 aromatic heterocycles. The molecule has 2 rings (SSSR count). The minimum absolute atomic E-state index is 0.0743. The van der Waals surface area contributed by atoms with E-state index < -0.39 is 11.8 Å². The molecule has 0 radical (unpaired) electrons. The standard InChI is InChI=1S/C12H9ClF2N2/c13-10-5-8(1-2-11(10)14)7-17-9-3-4-16-12(15)6-9/h1-6H,7H2,(H,16,17). The van der Waals surface area contributed by atoms with Crippen molar-refractivity contribution in [2.24, 2.45) is 0 Å². The van der Waals surface area contributed by atoms with Gasteiger partial charge in [0.1, 0.15) is 5.82 Å². The second kappa shape index (κ2) is 5.10. The molecule has 1 aromatic carbocycles. The molecule has 2 nitrogen and oxygen atoms in total. The van der Waals surface area contributed by atoms with Crippen LogP contribution in [0.25, 0.3) is 0 Å². The Bertz CT molecular complexity index is 532. The lowest BCUT2D eigenvalue weighted by Gasteiger charge is -2.06. The van der Waals surface area contributed by atoms with Crippen LogP contribution in [0, 0.1) is 11.8 Å². The van der Waals surface area contributed by atoms with E-state index in [1.54, 1.807) is 12.1 Å².